The SMILES string of the molecule is COc1ccccc1N1C(=O)C(Cl)=C(Nc2ccc(C(C)C)cc2)C1=O. The second kappa shape index (κ2) is 7.22. The highest BCUT2D eigenvalue weighted by Crippen LogP contribution is 2.35. The maximum absolute atomic E-state index is 12.8. The van der Waals surface area contributed by atoms with Crippen LogP contribution in [0.5, 0.6) is 5.75 Å². The molecule has 0 saturated heterocycles. The lowest BCUT2D eigenvalue weighted by atomic mass is 10.0. The van der Waals surface area contributed by atoms with Crippen LogP contribution in [-0.4, -0.2) is 18.9 Å². The Kier molecular flexibility index (Phi) is 5.00. The van der Waals surface area contributed by atoms with Crippen LogP contribution in [0.4, 0.5) is 11.4 Å². The van der Waals surface area contributed by atoms with Gasteiger partial charge in [0.25, 0.3) is 11.8 Å². The summed E-state index contributed by atoms with van der Waals surface area (Å²) in [6.07, 6.45) is 0. The van der Waals surface area contributed by atoms with Gasteiger partial charge in [-0.05, 0) is 35.7 Å². The van der Waals surface area contributed by atoms with Crippen LogP contribution in [0.1, 0.15) is 25.3 Å². The van der Waals surface area contributed by atoms with Crippen molar-refractivity contribution in [1.82, 2.24) is 0 Å². The third kappa shape index (κ3) is 3.18. The number of carbonyl (C=O) groups is 2. The summed E-state index contributed by atoms with van der Waals surface area (Å²) in [6, 6.07) is 14.5. The number of carbonyl (C=O) groups excluding carboxylic acids is 2. The number of amides is 2. The van der Waals surface area contributed by atoms with E-state index >= 15 is 0 Å². The second-order valence-electron chi connectivity index (χ2n) is 6.21. The fraction of sp³-hybridized carbons (Fsp3) is 0.200. The first kappa shape index (κ1) is 18.0. The van der Waals surface area contributed by atoms with Gasteiger partial charge in [0.2, 0.25) is 0 Å². The van der Waals surface area contributed by atoms with Gasteiger partial charge in [0.15, 0.2) is 0 Å². The molecule has 6 heteroatoms. The van der Waals surface area contributed by atoms with Crippen molar-refractivity contribution >= 4 is 34.8 Å². The Hall–Kier alpha value is -2.79. The summed E-state index contributed by atoms with van der Waals surface area (Å²) < 4.78 is 5.25. The van der Waals surface area contributed by atoms with E-state index in [-0.39, 0.29) is 10.7 Å². The molecule has 0 atom stereocenters. The van der Waals surface area contributed by atoms with Gasteiger partial charge in [0.1, 0.15) is 16.5 Å². The average Bonchev–Trinajstić information content (AvgIpc) is 2.85. The molecule has 0 bridgehead atoms. The third-order valence-corrected chi connectivity index (χ3v) is 4.55. The van der Waals surface area contributed by atoms with Crippen molar-refractivity contribution in [3.63, 3.8) is 0 Å². The van der Waals surface area contributed by atoms with Gasteiger partial charge in [-0.25, -0.2) is 4.90 Å². The standard InChI is InChI=1S/C20H19ClN2O3/c1-12(2)13-8-10-14(11-9-13)22-18-17(21)19(24)23(20(18)25)15-6-4-5-7-16(15)26-3/h4-12,22H,1-3H3. The molecule has 2 aromatic carbocycles. The number of benzene rings is 2. The van der Waals surface area contributed by atoms with Crippen molar-refractivity contribution in [2.45, 2.75) is 19.8 Å². The van der Waals surface area contributed by atoms with Gasteiger partial charge in [-0.15, -0.1) is 0 Å². The fourth-order valence-electron chi connectivity index (χ4n) is 2.74. The molecule has 0 saturated carbocycles. The number of hydrogen-bond donors (Lipinski definition) is 1. The third-order valence-electron chi connectivity index (χ3n) is 4.20. The molecule has 0 spiro atoms. The Morgan fingerprint density at radius 3 is 2.27 bits per heavy atom. The van der Waals surface area contributed by atoms with Crippen LogP contribution in [0.25, 0.3) is 0 Å². The molecule has 0 fully saturated rings. The zero-order valence-electron chi connectivity index (χ0n) is 14.7. The van der Waals surface area contributed by atoms with Gasteiger partial charge in [0, 0.05) is 5.69 Å². The maximum Gasteiger partial charge on any atom is 0.283 e. The summed E-state index contributed by atoms with van der Waals surface area (Å²) in [4.78, 5) is 26.4. The molecular formula is C20H19ClN2O3. The van der Waals surface area contributed by atoms with Crippen LogP contribution < -0.4 is 15.0 Å². The van der Waals surface area contributed by atoms with E-state index in [1.165, 1.54) is 12.7 Å². The summed E-state index contributed by atoms with van der Waals surface area (Å²) in [5, 5.41) is 2.82. The van der Waals surface area contributed by atoms with Crippen LogP contribution in [0.3, 0.4) is 0 Å². The van der Waals surface area contributed by atoms with E-state index in [1.54, 1.807) is 24.3 Å². The summed E-state index contributed by atoms with van der Waals surface area (Å²) in [6.45, 7) is 4.21. The number of para-hydroxylation sites is 2. The molecule has 26 heavy (non-hydrogen) atoms. The molecule has 0 aliphatic carbocycles. The normalized spacial score (nSPS) is 14.4. The monoisotopic (exact) mass is 370 g/mol. The summed E-state index contributed by atoms with van der Waals surface area (Å²) in [5.41, 5.74) is 2.28. The van der Waals surface area contributed by atoms with E-state index in [0.29, 0.717) is 23.0 Å². The minimum atomic E-state index is -0.581. The number of methoxy groups -OCH3 is 1. The molecule has 1 heterocycles. The number of rotatable bonds is 5. The van der Waals surface area contributed by atoms with Crippen molar-refractivity contribution in [3.05, 3.63) is 64.8 Å². The smallest absolute Gasteiger partial charge is 0.283 e. The minimum Gasteiger partial charge on any atom is -0.495 e. The van der Waals surface area contributed by atoms with Gasteiger partial charge in [0.05, 0.1) is 12.8 Å². The molecule has 0 unspecified atom stereocenters. The van der Waals surface area contributed by atoms with Gasteiger partial charge in [-0.2, -0.15) is 0 Å². The van der Waals surface area contributed by atoms with Crippen molar-refractivity contribution < 1.29 is 14.3 Å². The number of hydrogen-bond acceptors (Lipinski definition) is 4. The number of anilines is 2. The van der Waals surface area contributed by atoms with E-state index < -0.39 is 11.8 Å². The summed E-state index contributed by atoms with van der Waals surface area (Å²) in [7, 11) is 1.48. The molecule has 1 aliphatic heterocycles. The van der Waals surface area contributed by atoms with E-state index in [4.69, 9.17) is 16.3 Å². The molecule has 5 nitrogen and oxygen atoms in total. The Bertz CT molecular complexity index is 888. The quantitative estimate of drug-likeness (QED) is 0.799. The number of nitrogens with one attached hydrogen (secondary N) is 1. The number of nitrogens with zero attached hydrogens (tertiary/aromatic N) is 1. The van der Waals surface area contributed by atoms with Crippen molar-refractivity contribution in [2.24, 2.45) is 0 Å². The molecule has 1 aliphatic rings. The first-order chi connectivity index (χ1) is 12.4. The lowest BCUT2D eigenvalue weighted by molar-refractivity contribution is -0.120. The largest absolute Gasteiger partial charge is 0.495 e. The van der Waals surface area contributed by atoms with Crippen LogP contribution in [0.15, 0.2) is 59.3 Å². The minimum absolute atomic E-state index is 0.0554. The highest BCUT2D eigenvalue weighted by molar-refractivity contribution is 6.53. The zero-order valence-corrected chi connectivity index (χ0v) is 15.5. The molecule has 134 valence electrons. The predicted octanol–water partition coefficient (Wildman–Crippen LogP) is 4.25. The van der Waals surface area contributed by atoms with E-state index in [9.17, 15) is 9.59 Å². The lowest BCUT2D eigenvalue weighted by Crippen LogP contribution is -2.32. The Morgan fingerprint density at radius 1 is 1.00 bits per heavy atom. The van der Waals surface area contributed by atoms with Crippen LogP contribution >= 0.6 is 11.6 Å². The first-order valence-electron chi connectivity index (χ1n) is 8.22. The molecule has 0 aromatic heterocycles. The average molecular weight is 371 g/mol. The van der Waals surface area contributed by atoms with Gasteiger partial charge in [-0.3, -0.25) is 9.59 Å². The molecule has 3 rings (SSSR count). The maximum atomic E-state index is 12.8. The highest BCUT2D eigenvalue weighted by atomic mass is 35.5. The fourth-order valence-corrected chi connectivity index (χ4v) is 2.95. The van der Waals surface area contributed by atoms with Crippen LogP contribution in [-0.2, 0) is 9.59 Å². The second-order valence-corrected chi connectivity index (χ2v) is 6.59. The Morgan fingerprint density at radius 2 is 1.65 bits per heavy atom. The van der Waals surface area contributed by atoms with Crippen molar-refractivity contribution in [1.29, 1.82) is 0 Å². The summed E-state index contributed by atoms with van der Waals surface area (Å²) in [5.74, 6) is -0.274. The van der Waals surface area contributed by atoms with Gasteiger partial charge in [-0.1, -0.05) is 49.7 Å². The van der Waals surface area contributed by atoms with E-state index in [1.807, 2.05) is 24.3 Å². The van der Waals surface area contributed by atoms with Gasteiger partial charge < -0.3 is 10.1 Å². The van der Waals surface area contributed by atoms with Crippen molar-refractivity contribution in [3.8, 4) is 5.75 Å². The molecular weight excluding hydrogens is 352 g/mol. The van der Waals surface area contributed by atoms with E-state index in [0.717, 1.165) is 4.90 Å². The Balaban J connectivity index is 1.89. The number of ether oxygens (including phenoxy) is 1. The highest BCUT2D eigenvalue weighted by Gasteiger charge is 2.40. The van der Waals surface area contributed by atoms with E-state index in [2.05, 4.69) is 19.2 Å². The predicted molar refractivity (Wildman–Crippen MR) is 103 cm³/mol. The topological polar surface area (TPSA) is 58.6 Å². The number of imide groups is 1. The molecule has 0 radical (unpaired) electrons. The molecule has 2 aromatic rings. The van der Waals surface area contributed by atoms with Crippen molar-refractivity contribution in [2.75, 3.05) is 17.3 Å². The molecule has 1 N–H and O–H groups in total. The first-order valence-corrected chi connectivity index (χ1v) is 8.60. The summed E-state index contributed by atoms with van der Waals surface area (Å²) >= 11 is 6.16. The van der Waals surface area contributed by atoms with Crippen LogP contribution in [0, 0.1) is 0 Å². The van der Waals surface area contributed by atoms with Gasteiger partial charge >= 0.3 is 0 Å². The van der Waals surface area contributed by atoms with Crippen LogP contribution in [0.2, 0.25) is 0 Å². The lowest BCUT2D eigenvalue weighted by Gasteiger charge is -2.18. The number of halogens is 1. The Labute approximate surface area is 157 Å². The zero-order chi connectivity index (χ0) is 18.8. The molecule has 2 amide bonds.